The van der Waals surface area contributed by atoms with E-state index in [4.69, 9.17) is 4.99 Å². The van der Waals surface area contributed by atoms with E-state index in [2.05, 4.69) is 43.3 Å². The van der Waals surface area contributed by atoms with Crippen molar-refractivity contribution in [3.05, 3.63) is 42.5 Å². The SMILES string of the molecule is Br.CN(C)CC1CCC=CC1=Nc1ccccc1. The van der Waals surface area contributed by atoms with Gasteiger partial charge in [-0.2, -0.15) is 0 Å². The van der Waals surface area contributed by atoms with E-state index >= 15 is 0 Å². The van der Waals surface area contributed by atoms with Gasteiger partial charge in [0, 0.05) is 18.2 Å². The van der Waals surface area contributed by atoms with E-state index in [1.807, 2.05) is 18.2 Å². The highest BCUT2D eigenvalue weighted by Crippen LogP contribution is 2.21. The Kier molecular flexibility index (Phi) is 6.30. The van der Waals surface area contributed by atoms with E-state index in [0.717, 1.165) is 12.2 Å². The number of rotatable bonds is 3. The summed E-state index contributed by atoms with van der Waals surface area (Å²) in [7, 11) is 4.25. The van der Waals surface area contributed by atoms with Crippen LogP contribution in [0.2, 0.25) is 0 Å². The fourth-order valence-electron chi connectivity index (χ4n) is 2.19. The molecule has 1 aliphatic carbocycles. The highest BCUT2D eigenvalue weighted by molar-refractivity contribution is 8.93. The monoisotopic (exact) mass is 308 g/mol. The third-order valence-corrected chi connectivity index (χ3v) is 2.99. The molecule has 1 unspecified atom stereocenters. The van der Waals surface area contributed by atoms with Gasteiger partial charge in [-0.15, -0.1) is 17.0 Å². The number of allylic oxidation sites excluding steroid dienone is 2. The summed E-state index contributed by atoms with van der Waals surface area (Å²) in [5, 5.41) is 0. The second-order valence-electron chi connectivity index (χ2n) is 4.81. The van der Waals surface area contributed by atoms with Crippen LogP contribution in [0.3, 0.4) is 0 Å². The molecule has 0 radical (unpaired) electrons. The van der Waals surface area contributed by atoms with Gasteiger partial charge in [-0.25, -0.2) is 0 Å². The van der Waals surface area contributed by atoms with Crippen LogP contribution in [0.5, 0.6) is 0 Å². The van der Waals surface area contributed by atoms with Gasteiger partial charge in [-0.05, 0) is 45.1 Å². The molecule has 1 aliphatic rings. The first-order valence-electron chi connectivity index (χ1n) is 6.20. The number of hydrogen-bond acceptors (Lipinski definition) is 2. The Hall–Kier alpha value is -0.930. The topological polar surface area (TPSA) is 15.6 Å². The van der Waals surface area contributed by atoms with Gasteiger partial charge in [0.05, 0.1) is 5.69 Å². The number of hydrogen-bond donors (Lipinski definition) is 0. The van der Waals surface area contributed by atoms with Crippen molar-refractivity contribution in [1.29, 1.82) is 0 Å². The lowest BCUT2D eigenvalue weighted by molar-refractivity contribution is 0.360. The zero-order valence-electron chi connectivity index (χ0n) is 11.0. The van der Waals surface area contributed by atoms with Crippen LogP contribution in [0.1, 0.15) is 12.8 Å². The molecule has 1 atom stereocenters. The molecule has 0 fully saturated rings. The van der Waals surface area contributed by atoms with Crippen LogP contribution in [0.15, 0.2) is 47.5 Å². The molecule has 0 saturated heterocycles. The highest BCUT2D eigenvalue weighted by Gasteiger charge is 2.17. The normalized spacial score (nSPS) is 21.1. The summed E-state index contributed by atoms with van der Waals surface area (Å²) in [6, 6.07) is 10.2. The maximum atomic E-state index is 4.76. The first-order valence-corrected chi connectivity index (χ1v) is 6.20. The molecule has 1 aromatic rings. The lowest BCUT2D eigenvalue weighted by Crippen LogP contribution is -2.28. The van der Waals surface area contributed by atoms with Gasteiger partial charge < -0.3 is 4.90 Å². The summed E-state index contributed by atoms with van der Waals surface area (Å²) in [5.74, 6) is 0.565. The van der Waals surface area contributed by atoms with Crippen molar-refractivity contribution in [2.24, 2.45) is 10.9 Å². The maximum absolute atomic E-state index is 4.76. The zero-order chi connectivity index (χ0) is 12.1. The van der Waals surface area contributed by atoms with Gasteiger partial charge >= 0.3 is 0 Å². The number of halogens is 1. The molecule has 98 valence electrons. The van der Waals surface area contributed by atoms with Gasteiger partial charge in [0.15, 0.2) is 0 Å². The molecule has 0 aliphatic heterocycles. The lowest BCUT2D eigenvalue weighted by atomic mass is 9.92. The Morgan fingerprint density at radius 2 is 1.94 bits per heavy atom. The molecule has 2 rings (SSSR count). The first kappa shape index (κ1) is 15.1. The molecule has 0 heterocycles. The van der Waals surface area contributed by atoms with Crippen LogP contribution in [-0.2, 0) is 0 Å². The summed E-state index contributed by atoms with van der Waals surface area (Å²) in [6.45, 7) is 1.08. The average molecular weight is 309 g/mol. The van der Waals surface area contributed by atoms with Gasteiger partial charge in [0.2, 0.25) is 0 Å². The molecular weight excluding hydrogens is 288 g/mol. The second-order valence-corrected chi connectivity index (χ2v) is 4.81. The zero-order valence-corrected chi connectivity index (χ0v) is 12.8. The van der Waals surface area contributed by atoms with Crippen LogP contribution >= 0.6 is 17.0 Å². The molecule has 0 spiro atoms. The molecule has 0 amide bonds. The van der Waals surface area contributed by atoms with E-state index in [-0.39, 0.29) is 17.0 Å². The fourth-order valence-corrected chi connectivity index (χ4v) is 2.19. The van der Waals surface area contributed by atoms with Crippen molar-refractivity contribution in [3.63, 3.8) is 0 Å². The van der Waals surface area contributed by atoms with E-state index in [0.29, 0.717) is 5.92 Å². The van der Waals surface area contributed by atoms with Crippen LogP contribution in [-0.4, -0.2) is 31.3 Å². The van der Waals surface area contributed by atoms with Crippen molar-refractivity contribution >= 4 is 28.4 Å². The second kappa shape index (κ2) is 7.49. The molecule has 0 N–H and O–H groups in total. The van der Waals surface area contributed by atoms with E-state index in [1.54, 1.807) is 0 Å². The first-order chi connectivity index (χ1) is 8.25. The Morgan fingerprint density at radius 1 is 1.22 bits per heavy atom. The van der Waals surface area contributed by atoms with Gasteiger partial charge in [-0.1, -0.05) is 24.3 Å². The van der Waals surface area contributed by atoms with E-state index in [1.165, 1.54) is 18.6 Å². The minimum atomic E-state index is 0. The van der Waals surface area contributed by atoms with Crippen LogP contribution in [0, 0.1) is 5.92 Å². The Balaban J connectivity index is 0.00000162. The Morgan fingerprint density at radius 3 is 2.61 bits per heavy atom. The lowest BCUT2D eigenvalue weighted by Gasteiger charge is -2.23. The van der Waals surface area contributed by atoms with Gasteiger partial charge in [0.1, 0.15) is 0 Å². The van der Waals surface area contributed by atoms with Crippen molar-refractivity contribution in [2.75, 3.05) is 20.6 Å². The van der Waals surface area contributed by atoms with Crippen LogP contribution < -0.4 is 0 Å². The summed E-state index contributed by atoms with van der Waals surface area (Å²) in [5.41, 5.74) is 2.27. The third-order valence-electron chi connectivity index (χ3n) is 2.99. The number of benzene rings is 1. The summed E-state index contributed by atoms with van der Waals surface area (Å²) in [4.78, 5) is 7.00. The fraction of sp³-hybridized carbons (Fsp3) is 0.400. The van der Waals surface area contributed by atoms with E-state index < -0.39 is 0 Å². The smallest absolute Gasteiger partial charge is 0.0633 e. The van der Waals surface area contributed by atoms with Crippen molar-refractivity contribution < 1.29 is 0 Å². The number of nitrogens with zero attached hydrogens (tertiary/aromatic N) is 2. The molecule has 1 aromatic carbocycles. The summed E-state index contributed by atoms with van der Waals surface area (Å²) >= 11 is 0. The standard InChI is InChI=1S/C15H20N2.BrH/c1-17(2)12-13-8-6-7-11-15(13)16-14-9-4-3-5-10-14;/h3-5,7,9-11,13H,6,8,12H2,1-2H3;1H. The van der Waals surface area contributed by atoms with Crippen molar-refractivity contribution in [1.82, 2.24) is 4.90 Å². The average Bonchev–Trinajstić information content (AvgIpc) is 2.32. The molecule has 2 nitrogen and oxygen atoms in total. The minimum Gasteiger partial charge on any atom is -0.309 e. The summed E-state index contributed by atoms with van der Waals surface area (Å²) < 4.78 is 0. The van der Waals surface area contributed by atoms with Crippen molar-refractivity contribution in [3.8, 4) is 0 Å². The summed E-state index contributed by atoms with van der Waals surface area (Å²) in [6.07, 6.45) is 6.80. The Bertz CT molecular complexity index is 410. The van der Waals surface area contributed by atoms with Crippen LogP contribution in [0.25, 0.3) is 0 Å². The van der Waals surface area contributed by atoms with E-state index in [9.17, 15) is 0 Å². The van der Waals surface area contributed by atoms with Gasteiger partial charge in [-0.3, -0.25) is 4.99 Å². The molecule has 18 heavy (non-hydrogen) atoms. The maximum Gasteiger partial charge on any atom is 0.0633 e. The molecule has 0 bridgehead atoms. The largest absolute Gasteiger partial charge is 0.309 e. The van der Waals surface area contributed by atoms with Crippen LogP contribution in [0.4, 0.5) is 5.69 Å². The predicted molar refractivity (Wildman–Crippen MR) is 84.3 cm³/mol. The van der Waals surface area contributed by atoms with Crippen molar-refractivity contribution in [2.45, 2.75) is 12.8 Å². The quantitative estimate of drug-likeness (QED) is 0.828. The third kappa shape index (κ3) is 4.39. The number of aliphatic imine (C=N–C) groups is 1. The molecule has 3 heteroatoms. The number of para-hydroxylation sites is 1. The predicted octanol–water partition coefficient (Wildman–Crippen LogP) is 3.86. The van der Waals surface area contributed by atoms with Gasteiger partial charge in [0.25, 0.3) is 0 Å². The highest BCUT2D eigenvalue weighted by atomic mass is 79.9. The molecular formula is C15H21BrN2. The molecule has 0 saturated carbocycles. The minimum absolute atomic E-state index is 0. The molecule has 0 aromatic heterocycles. The Labute approximate surface area is 120 Å².